The highest BCUT2D eigenvalue weighted by molar-refractivity contribution is 6.74. The molecule has 2 N–H and O–H groups in total. The summed E-state index contributed by atoms with van der Waals surface area (Å²) in [4.78, 5) is 30.4. The fraction of sp³-hybridized carbons (Fsp3) is 0.326. The zero-order valence-electron chi connectivity index (χ0n) is 32.3. The van der Waals surface area contributed by atoms with Crippen LogP contribution in [0.25, 0.3) is 0 Å². The maximum Gasteiger partial charge on any atom is 0.351 e. The summed E-state index contributed by atoms with van der Waals surface area (Å²) < 4.78 is 32.9. The molecule has 1 unspecified atom stereocenters. The summed E-state index contributed by atoms with van der Waals surface area (Å²) >= 11 is 0. The lowest BCUT2D eigenvalue weighted by atomic mass is 9.80. The average Bonchev–Trinajstić information content (AvgIpc) is 3.48. The zero-order valence-corrected chi connectivity index (χ0v) is 33.3. The van der Waals surface area contributed by atoms with Crippen molar-refractivity contribution >= 4 is 20.0 Å². The topological polar surface area (TPSA) is 130 Å². The van der Waals surface area contributed by atoms with Crippen LogP contribution in [0.4, 0.5) is 5.82 Å². The number of nitrogens with one attached hydrogen (secondary N) is 1. The lowest BCUT2D eigenvalue weighted by Gasteiger charge is -2.41. The maximum atomic E-state index is 13.6. The first kappa shape index (κ1) is 39.6. The van der Waals surface area contributed by atoms with Gasteiger partial charge < -0.3 is 33.8 Å². The van der Waals surface area contributed by atoms with Gasteiger partial charge in [0, 0.05) is 11.8 Å². The number of aliphatic hydroxyl groups excluding tert-OH is 1. The Bertz CT molecular complexity index is 2060. The van der Waals surface area contributed by atoms with Gasteiger partial charge in [0.1, 0.15) is 41.2 Å². The van der Waals surface area contributed by atoms with Gasteiger partial charge >= 0.3 is 5.69 Å². The van der Waals surface area contributed by atoms with Crippen LogP contribution in [0.3, 0.4) is 0 Å². The number of hydrogen-bond donors (Lipinski definition) is 2. The molecular weight excluding hydrogens is 715 g/mol. The first-order chi connectivity index (χ1) is 26.3. The number of hydrogen-bond acceptors (Lipinski definition) is 9. The van der Waals surface area contributed by atoms with E-state index in [-0.39, 0.29) is 17.5 Å². The van der Waals surface area contributed by atoms with E-state index in [0.29, 0.717) is 17.1 Å². The van der Waals surface area contributed by atoms with Crippen LogP contribution in [0.15, 0.2) is 126 Å². The minimum Gasteiger partial charge on any atom is -0.497 e. The number of rotatable bonds is 13. The van der Waals surface area contributed by atoms with Gasteiger partial charge in [0.2, 0.25) is 0 Å². The Morgan fingerprint density at radius 2 is 1.35 bits per heavy atom. The molecule has 4 atom stereocenters. The average molecular weight is 764 g/mol. The molecule has 11 nitrogen and oxygen atoms in total. The molecule has 288 valence electrons. The summed E-state index contributed by atoms with van der Waals surface area (Å²) in [6.45, 7) is 10.5. The summed E-state index contributed by atoms with van der Waals surface area (Å²) in [7, 11) is 0.724. The van der Waals surface area contributed by atoms with Gasteiger partial charge in [-0.05, 0) is 77.3 Å². The second-order valence-electron chi connectivity index (χ2n) is 15.0. The van der Waals surface area contributed by atoms with Crippen LogP contribution in [-0.2, 0) is 19.5 Å². The number of amides is 1. The highest BCUT2D eigenvalue weighted by Gasteiger charge is 2.51. The van der Waals surface area contributed by atoms with Crippen molar-refractivity contribution in [1.29, 1.82) is 0 Å². The zero-order chi connectivity index (χ0) is 39.4. The van der Waals surface area contributed by atoms with Crippen molar-refractivity contribution in [1.82, 2.24) is 9.55 Å². The summed E-state index contributed by atoms with van der Waals surface area (Å²) in [5, 5.41) is 14.5. The van der Waals surface area contributed by atoms with Gasteiger partial charge in [0.15, 0.2) is 14.5 Å². The Labute approximate surface area is 323 Å². The number of anilines is 1. The lowest BCUT2D eigenvalue weighted by Crippen LogP contribution is -2.50. The van der Waals surface area contributed by atoms with Crippen LogP contribution >= 0.6 is 0 Å². The van der Waals surface area contributed by atoms with E-state index in [2.05, 4.69) is 44.2 Å². The second-order valence-corrected chi connectivity index (χ2v) is 19.8. The summed E-state index contributed by atoms with van der Waals surface area (Å²) in [5.74, 6) is 1.05. The van der Waals surface area contributed by atoms with Crippen LogP contribution in [-0.4, -0.2) is 68.0 Å². The minimum absolute atomic E-state index is 0.0345. The summed E-state index contributed by atoms with van der Waals surface area (Å²) in [6, 6.07) is 35.5. The minimum atomic E-state index is -2.52. The molecule has 1 aliphatic heterocycles. The van der Waals surface area contributed by atoms with Crippen molar-refractivity contribution in [2.24, 2.45) is 0 Å². The van der Waals surface area contributed by atoms with Crippen molar-refractivity contribution in [3.63, 3.8) is 0 Å². The van der Waals surface area contributed by atoms with E-state index >= 15 is 0 Å². The number of nitrogens with zero attached hydrogens (tertiary/aromatic N) is 2. The first-order valence-corrected chi connectivity index (χ1v) is 21.1. The molecule has 0 aliphatic carbocycles. The van der Waals surface area contributed by atoms with Gasteiger partial charge in [-0.25, -0.2) is 4.79 Å². The number of carbonyl (C=O) groups excluding carboxylic acids is 1. The number of aliphatic hydroxyl groups is 1. The molecule has 0 bridgehead atoms. The van der Waals surface area contributed by atoms with Crippen molar-refractivity contribution in [2.75, 3.05) is 26.1 Å². The first-order valence-electron chi connectivity index (χ1n) is 18.2. The third kappa shape index (κ3) is 8.29. The number of benzene rings is 4. The Morgan fingerprint density at radius 1 is 0.818 bits per heavy atom. The molecule has 5 aromatic rings. The molecule has 1 amide bonds. The monoisotopic (exact) mass is 763 g/mol. The van der Waals surface area contributed by atoms with Crippen molar-refractivity contribution < 1.29 is 33.3 Å². The second kappa shape index (κ2) is 16.3. The highest BCUT2D eigenvalue weighted by atomic mass is 28.4. The lowest BCUT2D eigenvalue weighted by molar-refractivity contribution is -0.0947. The van der Waals surface area contributed by atoms with E-state index < -0.39 is 50.1 Å². The smallest absolute Gasteiger partial charge is 0.351 e. The van der Waals surface area contributed by atoms with Gasteiger partial charge in [-0.15, -0.1) is 0 Å². The molecular formula is C43H49N3O8Si. The molecule has 0 saturated carbocycles. The normalized spacial score (nSPS) is 18.8. The van der Waals surface area contributed by atoms with Crippen molar-refractivity contribution in [3.8, 4) is 11.5 Å². The van der Waals surface area contributed by atoms with Crippen LogP contribution < -0.4 is 20.5 Å². The third-order valence-corrected chi connectivity index (χ3v) is 15.0. The van der Waals surface area contributed by atoms with E-state index in [4.69, 9.17) is 23.4 Å². The predicted octanol–water partition coefficient (Wildman–Crippen LogP) is 7.17. The van der Waals surface area contributed by atoms with E-state index in [1.807, 2.05) is 84.9 Å². The molecule has 1 aliphatic rings. The maximum absolute atomic E-state index is 13.6. The Hall–Kier alpha value is -5.11. The van der Waals surface area contributed by atoms with Gasteiger partial charge in [0.05, 0.1) is 20.8 Å². The number of aromatic nitrogens is 2. The number of ether oxygens (including phenoxy) is 4. The van der Waals surface area contributed by atoms with E-state index in [1.165, 1.54) is 16.8 Å². The Morgan fingerprint density at radius 3 is 1.85 bits per heavy atom. The summed E-state index contributed by atoms with van der Waals surface area (Å²) in [5.41, 5.74) is 1.07. The molecule has 1 aromatic heterocycles. The molecule has 0 spiro atoms. The largest absolute Gasteiger partial charge is 0.497 e. The fourth-order valence-electron chi connectivity index (χ4n) is 6.48. The van der Waals surface area contributed by atoms with Crippen LogP contribution in [0.5, 0.6) is 11.5 Å². The van der Waals surface area contributed by atoms with Gasteiger partial charge in [0.25, 0.3) is 5.91 Å². The SMILES string of the molecule is COc1ccc(C(OC[C@H]2O[C@@H](n3ccc(NC(=O)c4ccccc4)nc3=O)[C@@H](O)C2O[Si](C)(C)C(C)(C)C)(c2ccccc2)c2ccc(OC)cc2)cc1. The van der Waals surface area contributed by atoms with E-state index in [1.54, 1.807) is 38.5 Å². The van der Waals surface area contributed by atoms with E-state index in [9.17, 15) is 14.7 Å². The quantitative estimate of drug-likeness (QED) is 0.0947. The third-order valence-electron chi connectivity index (χ3n) is 10.6. The van der Waals surface area contributed by atoms with Crippen molar-refractivity contribution in [2.45, 2.75) is 69.0 Å². The highest BCUT2D eigenvalue weighted by Crippen LogP contribution is 2.45. The number of methoxy groups -OCH3 is 2. The molecule has 2 heterocycles. The van der Waals surface area contributed by atoms with Crippen LogP contribution in [0, 0.1) is 0 Å². The predicted molar refractivity (Wildman–Crippen MR) is 213 cm³/mol. The summed E-state index contributed by atoms with van der Waals surface area (Å²) in [6.07, 6.45) is -2.65. The molecule has 4 aromatic carbocycles. The molecule has 12 heteroatoms. The molecule has 1 saturated heterocycles. The Balaban J connectivity index is 1.39. The van der Waals surface area contributed by atoms with Gasteiger partial charge in [-0.2, -0.15) is 4.98 Å². The standard InChI is InChI=1S/C43H49N3O8Si/c1-42(2,3)55(6,7)54-38-35(53-40(37(38)47)46-27-26-36(45-41(46)49)44-39(48)29-14-10-8-11-15-29)28-52-43(30-16-12-9-13-17-30,31-18-22-33(50-4)23-19-31)32-20-24-34(51-5)25-21-32/h8-27,35,37-38,40,47H,28H2,1-7H3,(H,44,45,48,49)/t35-,37+,38?,40-/m1/s1. The molecule has 6 rings (SSSR count). The molecule has 0 radical (unpaired) electrons. The number of carbonyl (C=O) groups is 1. The Kier molecular flexibility index (Phi) is 11.7. The molecule has 1 fully saturated rings. The van der Waals surface area contributed by atoms with E-state index in [0.717, 1.165) is 16.7 Å². The van der Waals surface area contributed by atoms with Gasteiger partial charge in [-0.1, -0.05) is 93.6 Å². The molecule has 55 heavy (non-hydrogen) atoms. The fourth-order valence-corrected chi connectivity index (χ4v) is 7.81. The van der Waals surface area contributed by atoms with Gasteiger partial charge in [-0.3, -0.25) is 9.36 Å². The van der Waals surface area contributed by atoms with Crippen LogP contribution in [0.1, 0.15) is 54.0 Å². The van der Waals surface area contributed by atoms with Crippen molar-refractivity contribution in [3.05, 3.63) is 154 Å². The van der Waals surface area contributed by atoms with Crippen LogP contribution in [0.2, 0.25) is 18.1 Å².